The Morgan fingerprint density at radius 3 is 2.79 bits per heavy atom. The highest BCUT2D eigenvalue weighted by Gasteiger charge is 2.60. The van der Waals surface area contributed by atoms with Crippen LogP contribution in [0.3, 0.4) is 0 Å². The normalized spacial score (nSPS) is 28.3. The molecule has 3 aliphatic rings. The van der Waals surface area contributed by atoms with E-state index in [-0.39, 0.29) is 41.6 Å². The molecule has 7 nitrogen and oxygen atoms in total. The van der Waals surface area contributed by atoms with Gasteiger partial charge in [-0.25, -0.2) is 4.79 Å². The van der Waals surface area contributed by atoms with E-state index in [0.717, 1.165) is 19.4 Å². The smallest absolute Gasteiger partial charge is 0.330 e. The highest BCUT2D eigenvalue weighted by Crippen LogP contribution is 2.52. The Balaban J connectivity index is 1.56. The lowest BCUT2D eigenvalue weighted by Crippen LogP contribution is -2.67. The second kappa shape index (κ2) is 9.26. The number of hydrogen-bond acceptors (Lipinski definition) is 6. The Morgan fingerprint density at radius 1 is 1.25 bits per heavy atom. The van der Waals surface area contributed by atoms with Crippen molar-refractivity contribution in [2.24, 2.45) is 17.8 Å². The summed E-state index contributed by atoms with van der Waals surface area (Å²) in [6.45, 7) is 5.40. The number of carbonyl (C=O) groups is 3. The van der Waals surface area contributed by atoms with E-state index in [1.54, 1.807) is 13.0 Å². The summed E-state index contributed by atoms with van der Waals surface area (Å²) < 4.78 is 15.8. The van der Waals surface area contributed by atoms with E-state index in [2.05, 4.69) is 0 Å². The summed E-state index contributed by atoms with van der Waals surface area (Å²) in [5.41, 5.74) is 0. The van der Waals surface area contributed by atoms with Gasteiger partial charge in [0.1, 0.15) is 0 Å². The number of amides is 1. The molecular weight excluding hydrogens is 362 g/mol. The Kier molecular flexibility index (Phi) is 6.75. The van der Waals surface area contributed by atoms with Crippen LogP contribution in [0.25, 0.3) is 0 Å². The molecule has 1 unspecified atom stereocenters. The standard InChI is InChI=1S/C21H29NO6/c1-3-26-17(23)10-6-5-7-12-28-16-13-15-18(21(25)27-4-2)14-9-8-11-22(19(14)15)20(16)24/h6,10,13-15,18-19H,3-5,7-9,11-12H2,1-2H3/b10-6+/t14-,15+,18+,19?/m0/s1. The molecule has 0 radical (unpaired) electrons. The summed E-state index contributed by atoms with van der Waals surface area (Å²) in [6.07, 6.45) is 8.19. The van der Waals surface area contributed by atoms with Gasteiger partial charge in [-0.2, -0.15) is 0 Å². The van der Waals surface area contributed by atoms with E-state index in [1.165, 1.54) is 6.08 Å². The zero-order valence-corrected chi connectivity index (χ0v) is 16.6. The van der Waals surface area contributed by atoms with Crippen molar-refractivity contribution in [3.63, 3.8) is 0 Å². The van der Waals surface area contributed by atoms with Crippen molar-refractivity contribution in [2.45, 2.75) is 45.6 Å². The van der Waals surface area contributed by atoms with Gasteiger partial charge in [0.05, 0.1) is 25.7 Å². The predicted molar refractivity (Wildman–Crippen MR) is 101 cm³/mol. The van der Waals surface area contributed by atoms with E-state index in [0.29, 0.717) is 38.4 Å². The number of ether oxygens (including phenoxy) is 3. The maximum Gasteiger partial charge on any atom is 0.330 e. The molecule has 2 fully saturated rings. The molecule has 3 rings (SSSR count). The van der Waals surface area contributed by atoms with Crippen molar-refractivity contribution in [2.75, 3.05) is 26.4 Å². The summed E-state index contributed by atoms with van der Waals surface area (Å²) in [5.74, 6) is -0.236. The van der Waals surface area contributed by atoms with Crippen molar-refractivity contribution in [1.29, 1.82) is 0 Å². The molecule has 1 amide bonds. The first-order chi connectivity index (χ1) is 13.6. The summed E-state index contributed by atoms with van der Waals surface area (Å²) in [5, 5.41) is 0. The first-order valence-electron chi connectivity index (χ1n) is 10.2. The minimum Gasteiger partial charge on any atom is -0.488 e. The van der Waals surface area contributed by atoms with Gasteiger partial charge >= 0.3 is 11.9 Å². The van der Waals surface area contributed by atoms with Gasteiger partial charge in [0.2, 0.25) is 0 Å². The second-order valence-electron chi connectivity index (χ2n) is 7.33. The number of allylic oxidation sites excluding steroid dienone is 1. The molecule has 0 aromatic carbocycles. The van der Waals surface area contributed by atoms with Crippen LogP contribution in [0.4, 0.5) is 0 Å². The van der Waals surface area contributed by atoms with E-state index in [4.69, 9.17) is 14.2 Å². The van der Waals surface area contributed by atoms with Crippen LogP contribution in [0.15, 0.2) is 24.0 Å². The summed E-state index contributed by atoms with van der Waals surface area (Å²) in [7, 11) is 0. The lowest BCUT2D eigenvalue weighted by molar-refractivity contribution is -0.176. The first-order valence-corrected chi connectivity index (χ1v) is 10.2. The maximum atomic E-state index is 12.8. The number of nitrogens with zero attached hydrogens (tertiary/aromatic N) is 1. The second-order valence-corrected chi connectivity index (χ2v) is 7.33. The van der Waals surface area contributed by atoms with Gasteiger partial charge in [0.25, 0.3) is 5.91 Å². The van der Waals surface area contributed by atoms with Crippen molar-refractivity contribution < 1.29 is 28.6 Å². The fraction of sp³-hybridized carbons (Fsp3) is 0.667. The number of unbranched alkanes of at least 4 members (excludes halogenated alkanes) is 1. The number of carbonyl (C=O) groups excluding carboxylic acids is 3. The maximum absolute atomic E-state index is 12.8. The van der Waals surface area contributed by atoms with Crippen molar-refractivity contribution >= 4 is 17.8 Å². The Morgan fingerprint density at radius 2 is 2.04 bits per heavy atom. The van der Waals surface area contributed by atoms with Crippen LogP contribution in [0.5, 0.6) is 0 Å². The van der Waals surface area contributed by atoms with Crippen molar-refractivity contribution in [1.82, 2.24) is 4.90 Å². The Hall–Kier alpha value is -2.31. The summed E-state index contributed by atoms with van der Waals surface area (Å²) in [6, 6.07) is 0.107. The fourth-order valence-corrected chi connectivity index (χ4v) is 4.55. The van der Waals surface area contributed by atoms with Gasteiger partial charge in [0.15, 0.2) is 5.76 Å². The summed E-state index contributed by atoms with van der Waals surface area (Å²) in [4.78, 5) is 38.2. The van der Waals surface area contributed by atoms with Crippen LogP contribution in [0.2, 0.25) is 0 Å². The fourth-order valence-electron chi connectivity index (χ4n) is 4.55. The lowest BCUT2D eigenvalue weighted by Gasteiger charge is -2.58. The van der Waals surface area contributed by atoms with Gasteiger partial charge in [-0.05, 0) is 51.5 Å². The third-order valence-electron chi connectivity index (χ3n) is 5.69. The number of piperidine rings is 1. The summed E-state index contributed by atoms with van der Waals surface area (Å²) >= 11 is 0. The number of rotatable bonds is 9. The molecule has 1 saturated heterocycles. The van der Waals surface area contributed by atoms with Crippen LogP contribution in [0.1, 0.15) is 39.5 Å². The third kappa shape index (κ3) is 4.08. The van der Waals surface area contributed by atoms with Crippen LogP contribution < -0.4 is 0 Å². The van der Waals surface area contributed by atoms with Crippen LogP contribution in [-0.2, 0) is 28.6 Å². The molecule has 1 saturated carbocycles. The zero-order chi connectivity index (χ0) is 20.1. The molecule has 28 heavy (non-hydrogen) atoms. The van der Waals surface area contributed by atoms with E-state index < -0.39 is 0 Å². The minimum atomic E-state index is -0.353. The van der Waals surface area contributed by atoms with Crippen molar-refractivity contribution in [3.05, 3.63) is 24.0 Å². The molecule has 0 aromatic rings. The van der Waals surface area contributed by atoms with Gasteiger partial charge in [0, 0.05) is 24.6 Å². The SMILES string of the molecule is CCOC(=O)/C=C/CCCOC1=C[C@H]2C3[C@@H](CCCN3C1=O)[C@H]2C(=O)OCC. The van der Waals surface area contributed by atoms with E-state index >= 15 is 0 Å². The monoisotopic (exact) mass is 391 g/mol. The molecule has 0 N–H and O–H groups in total. The molecule has 0 bridgehead atoms. The predicted octanol–water partition coefficient (Wildman–Crippen LogP) is 2.22. The highest BCUT2D eigenvalue weighted by molar-refractivity contribution is 5.94. The van der Waals surface area contributed by atoms with Gasteiger partial charge in [-0.1, -0.05) is 6.08 Å². The lowest BCUT2D eigenvalue weighted by atomic mass is 9.56. The van der Waals surface area contributed by atoms with Crippen molar-refractivity contribution in [3.8, 4) is 0 Å². The molecule has 154 valence electrons. The Labute approximate surface area is 165 Å². The van der Waals surface area contributed by atoms with E-state index in [9.17, 15) is 14.4 Å². The molecule has 2 heterocycles. The topological polar surface area (TPSA) is 82.1 Å². The highest BCUT2D eigenvalue weighted by atomic mass is 16.5. The van der Waals surface area contributed by atoms with Crippen LogP contribution in [0, 0.1) is 17.8 Å². The first kappa shape index (κ1) is 20.4. The van der Waals surface area contributed by atoms with Crippen LogP contribution >= 0.6 is 0 Å². The molecule has 4 atom stereocenters. The average Bonchev–Trinajstić information content (AvgIpc) is 2.66. The van der Waals surface area contributed by atoms with Gasteiger partial charge in [-0.3, -0.25) is 9.59 Å². The zero-order valence-electron chi connectivity index (χ0n) is 16.6. The molecule has 0 aromatic heterocycles. The number of hydrogen-bond donors (Lipinski definition) is 0. The minimum absolute atomic E-state index is 0.0132. The molecular formula is C21H29NO6. The number of esters is 2. The average molecular weight is 391 g/mol. The molecule has 1 aliphatic carbocycles. The third-order valence-corrected chi connectivity index (χ3v) is 5.69. The van der Waals surface area contributed by atoms with Gasteiger partial charge in [-0.15, -0.1) is 0 Å². The molecule has 2 aliphatic heterocycles. The van der Waals surface area contributed by atoms with E-state index in [1.807, 2.05) is 17.9 Å². The molecule has 7 heteroatoms. The largest absolute Gasteiger partial charge is 0.488 e. The molecule has 0 spiro atoms. The van der Waals surface area contributed by atoms with Crippen LogP contribution in [-0.4, -0.2) is 55.2 Å². The Bertz CT molecular complexity index is 670. The van der Waals surface area contributed by atoms with Gasteiger partial charge < -0.3 is 19.1 Å². The quantitative estimate of drug-likeness (QED) is 0.341.